The number of H-pyrrole nitrogens is 1. The fraction of sp³-hybridized carbons (Fsp3) is 0.643. The average molecular weight is 237 g/mol. The summed E-state index contributed by atoms with van der Waals surface area (Å²) in [5.74, 6) is 0.289. The molecule has 0 saturated carbocycles. The van der Waals surface area contributed by atoms with Gasteiger partial charge in [-0.15, -0.1) is 0 Å². The highest BCUT2D eigenvalue weighted by molar-refractivity contribution is 5.90. The highest BCUT2D eigenvalue weighted by Gasteiger charge is 2.13. The number of esters is 1. The molecule has 1 unspecified atom stereocenters. The summed E-state index contributed by atoms with van der Waals surface area (Å²) < 4.78 is 5.36. The van der Waals surface area contributed by atoms with Gasteiger partial charge in [0.25, 0.3) is 0 Å². The third-order valence-electron chi connectivity index (χ3n) is 3.17. The van der Waals surface area contributed by atoms with Gasteiger partial charge >= 0.3 is 5.97 Å². The molecule has 1 heterocycles. The third kappa shape index (κ3) is 4.25. The van der Waals surface area contributed by atoms with E-state index in [9.17, 15) is 4.79 Å². The summed E-state index contributed by atoms with van der Waals surface area (Å²) in [7, 11) is 0. The maximum absolute atomic E-state index is 11.8. The lowest BCUT2D eigenvalue weighted by molar-refractivity contribution is 0.0427. The van der Waals surface area contributed by atoms with Crippen LogP contribution >= 0.6 is 0 Å². The zero-order valence-electron chi connectivity index (χ0n) is 11.1. The summed E-state index contributed by atoms with van der Waals surface area (Å²) in [6.45, 7) is 6.78. The van der Waals surface area contributed by atoms with Crippen LogP contribution in [-0.2, 0) is 4.74 Å². The van der Waals surface area contributed by atoms with Crippen LogP contribution in [0.25, 0.3) is 0 Å². The number of rotatable bonds is 7. The van der Waals surface area contributed by atoms with Crippen LogP contribution in [-0.4, -0.2) is 17.6 Å². The first-order chi connectivity index (χ1) is 8.19. The van der Waals surface area contributed by atoms with Crippen molar-refractivity contribution in [1.29, 1.82) is 0 Å². The molecule has 0 bridgehead atoms. The van der Waals surface area contributed by atoms with E-state index in [1.807, 2.05) is 13.1 Å². The van der Waals surface area contributed by atoms with Gasteiger partial charge in [-0.1, -0.05) is 33.1 Å². The summed E-state index contributed by atoms with van der Waals surface area (Å²) in [5, 5.41) is 0. The van der Waals surface area contributed by atoms with Crippen molar-refractivity contribution in [2.75, 3.05) is 6.61 Å². The molecule has 96 valence electrons. The highest BCUT2D eigenvalue weighted by Crippen LogP contribution is 2.14. The number of carbonyl (C=O) groups is 1. The first kappa shape index (κ1) is 13.8. The molecule has 0 aliphatic rings. The van der Waals surface area contributed by atoms with E-state index < -0.39 is 0 Å². The maximum Gasteiger partial charge on any atom is 0.339 e. The second-order valence-corrected chi connectivity index (χ2v) is 4.57. The predicted molar refractivity (Wildman–Crippen MR) is 69.1 cm³/mol. The molecule has 1 rings (SSSR count). The van der Waals surface area contributed by atoms with Crippen LogP contribution in [0.4, 0.5) is 0 Å². The summed E-state index contributed by atoms with van der Waals surface area (Å²) in [6, 6.07) is 0. The third-order valence-corrected chi connectivity index (χ3v) is 3.17. The number of hydrogen-bond donors (Lipinski definition) is 1. The van der Waals surface area contributed by atoms with E-state index in [-0.39, 0.29) is 5.97 Å². The molecule has 17 heavy (non-hydrogen) atoms. The van der Waals surface area contributed by atoms with Gasteiger partial charge in [-0.3, -0.25) is 0 Å². The average Bonchev–Trinajstić information content (AvgIpc) is 2.75. The molecule has 1 atom stereocenters. The monoisotopic (exact) mass is 237 g/mol. The minimum Gasteiger partial charge on any atom is -0.462 e. The summed E-state index contributed by atoms with van der Waals surface area (Å²) in [6.07, 6.45) is 8.13. The van der Waals surface area contributed by atoms with Gasteiger partial charge in [0, 0.05) is 12.4 Å². The molecule has 1 aromatic rings. The van der Waals surface area contributed by atoms with E-state index in [0.29, 0.717) is 18.1 Å². The van der Waals surface area contributed by atoms with Crippen molar-refractivity contribution < 1.29 is 9.53 Å². The Kier molecular flexibility index (Phi) is 5.81. The number of aromatic nitrogens is 1. The second-order valence-electron chi connectivity index (χ2n) is 4.57. The standard InChI is InChI=1S/C14H23NO2/c1-4-6-7-12(5-2)10-17-14(16)13-9-15-8-11(13)3/h8-9,12,15H,4-7,10H2,1-3H3. The zero-order valence-corrected chi connectivity index (χ0v) is 11.1. The number of nitrogens with one attached hydrogen (secondary N) is 1. The molecular formula is C14H23NO2. The molecular weight excluding hydrogens is 214 g/mol. The van der Waals surface area contributed by atoms with E-state index in [2.05, 4.69) is 18.8 Å². The molecule has 0 fully saturated rings. The molecule has 0 aliphatic heterocycles. The Morgan fingerprint density at radius 1 is 1.41 bits per heavy atom. The van der Waals surface area contributed by atoms with Crippen molar-refractivity contribution in [1.82, 2.24) is 4.98 Å². The summed E-state index contributed by atoms with van der Waals surface area (Å²) in [5.41, 5.74) is 1.59. The van der Waals surface area contributed by atoms with E-state index in [4.69, 9.17) is 4.74 Å². The summed E-state index contributed by atoms with van der Waals surface area (Å²) in [4.78, 5) is 14.7. The Labute approximate surface area is 104 Å². The topological polar surface area (TPSA) is 42.1 Å². The van der Waals surface area contributed by atoms with E-state index >= 15 is 0 Å². The lowest BCUT2D eigenvalue weighted by atomic mass is 10.0. The van der Waals surface area contributed by atoms with Gasteiger partial charge in [-0.25, -0.2) is 4.79 Å². The molecule has 3 heteroatoms. The second kappa shape index (κ2) is 7.15. The van der Waals surface area contributed by atoms with Crippen molar-refractivity contribution in [3.8, 4) is 0 Å². The Morgan fingerprint density at radius 2 is 2.18 bits per heavy atom. The SMILES string of the molecule is CCCCC(CC)COC(=O)c1c[nH]cc1C. The molecule has 0 amide bonds. The Morgan fingerprint density at radius 3 is 2.71 bits per heavy atom. The van der Waals surface area contributed by atoms with Crippen molar-refractivity contribution in [2.45, 2.75) is 46.5 Å². The fourth-order valence-corrected chi connectivity index (χ4v) is 1.83. The van der Waals surface area contributed by atoms with Crippen molar-refractivity contribution in [3.63, 3.8) is 0 Å². The van der Waals surface area contributed by atoms with Crippen LogP contribution in [0.1, 0.15) is 55.5 Å². The van der Waals surface area contributed by atoms with Crippen LogP contribution < -0.4 is 0 Å². The lowest BCUT2D eigenvalue weighted by Crippen LogP contribution is -2.14. The quantitative estimate of drug-likeness (QED) is 0.735. The molecule has 3 nitrogen and oxygen atoms in total. The normalized spacial score (nSPS) is 12.4. The van der Waals surface area contributed by atoms with Crippen molar-refractivity contribution in [3.05, 3.63) is 23.5 Å². The number of unbranched alkanes of at least 4 members (excludes halogenated alkanes) is 1. The highest BCUT2D eigenvalue weighted by atomic mass is 16.5. The first-order valence-electron chi connectivity index (χ1n) is 6.49. The van der Waals surface area contributed by atoms with Gasteiger partial charge in [-0.05, 0) is 24.8 Å². The van der Waals surface area contributed by atoms with Crippen LogP contribution in [0.5, 0.6) is 0 Å². The summed E-state index contributed by atoms with van der Waals surface area (Å²) >= 11 is 0. The largest absolute Gasteiger partial charge is 0.462 e. The van der Waals surface area contributed by atoms with Gasteiger partial charge in [0.2, 0.25) is 0 Å². The van der Waals surface area contributed by atoms with Crippen molar-refractivity contribution >= 4 is 5.97 Å². The number of carbonyl (C=O) groups excluding carboxylic acids is 1. The number of aryl methyl sites for hydroxylation is 1. The van der Waals surface area contributed by atoms with Gasteiger partial charge in [0.1, 0.15) is 0 Å². The number of ether oxygens (including phenoxy) is 1. The molecule has 0 aliphatic carbocycles. The van der Waals surface area contributed by atoms with E-state index in [1.54, 1.807) is 6.20 Å². The fourth-order valence-electron chi connectivity index (χ4n) is 1.83. The minimum atomic E-state index is -0.210. The van der Waals surface area contributed by atoms with Gasteiger partial charge in [0.15, 0.2) is 0 Å². The minimum absolute atomic E-state index is 0.210. The molecule has 1 aromatic heterocycles. The lowest BCUT2D eigenvalue weighted by Gasteiger charge is -2.14. The smallest absolute Gasteiger partial charge is 0.339 e. The molecule has 1 N–H and O–H groups in total. The van der Waals surface area contributed by atoms with Gasteiger partial charge < -0.3 is 9.72 Å². The zero-order chi connectivity index (χ0) is 12.7. The molecule has 0 aromatic carbocycles. The van der Waals surface area contributed by atoms with E-state index in [0.717, 1.165) is 18.4 Å². The molecule has 0 spiro atoms. The predicted octanol–water partition coefficient (Wildman–Crippen LogP) is 3.70. The molecule has 0 saturated heterocycles. The van der Waals surface area contributed by atoms with Gasteiger partial charge in [0.05, 0.1) is 12.2 Å². The maximum atomic E-state index is 11.8. The van der Waals surface area contributed by atoms with Crippen LogP contribution in [0, 0.1) is 12.8 Å². The number of aromatic amines is 1. The molecule has 0 radical (unpaired) electrons. The van der Waals surface area contributed by atoms with E-state index in [1.165, 1.54) is 12.8 Å². The Hall–Kier alpha value is -1.25. The number of hydrogen-bond acceptors (Lipinski definition) is 2. The Bertz CT molecular complexity index is 344. The van der Waals surface area contributed by atoms with Crippen LogP contribution in [0.3, 0.4) is 0 Å². The van der Waals surface area contributed by atoms with Crippen LogP contribution in [0.2, 0.25) is 0 Å². The Balaban J connectivity index is 2.39. The van der Waals surface area contributed by atoms with Crippen LogP contribution in [0.15, 0.2) is 12.4 Å². The first-order valence-corrected chi connectivity index (χ1v) is 6.49. The van der Waals surface area contributed by atoms with Crippen molar-refractivity contribution in [2.24, 2.45) is 5.92 Å². The van der Waals surface area contributed by atoms with Gasteiger partial charge in [-0.2, -0.15) is 0 Å².